The van der Waals surface area contributed by atoms with Crippen LogP contribution in [0.3, 0.4) is 0 Å². The molecule has 0 spiro atoms. The number of benzene rings is 1. The van der Waals surface area contributed by atoms with Crippen molar-refractivity contribution < 1.29 is 13.2 Å². The maximum atomic E-state index is 13.1. The number of hydrogen-bond acceptors (Lipinski definition) is 1. The molecule has 0 fully saturated rings. The molecule has 0 radical (unpaired) electrons. The van der Waals surface area contributed by atoms with Gasteiger partial charge >= 0.3 is 0 Å². The van der Waals surface area contributed by atoms with Crippen LogP contribution in [0.15, 0.2) is 22.8 Å². The number of aromatic nitrogens is 1. The fraction of sp³-hybridized carbons (Fsp3) is 0. The van der Waals surface area contributed by atoms with Crippen LogP contribution in [0.4, 0.5) is 13.2 Å². The van der Waals surface area contributed by atoms with Gasteiger partial charge in [-0.15, -0.1) is 0 Å². The van der Waals surface area contributed by atoms with Crippen molar-refractivity contribution in [1.29, 1.82) is 0 Å². The van der Waals surface area contributed by atoms with E-state index in [9.17, 15) is 13.2 Å². The van der Waals surface area contributed by atoms with Gasteiger partial charge in [0.1, 0.15) is 10.1 Å². The van der Waals surface area contributed by atoms with E-state index in [0.29, 0.717) is 10.7 Å². The van der Waals surface area contributed by atoms with Gasteiger partial charge in [-0.2, -0.15) is 0 Å². The molecule has 0 saturated carbocycles. The quantitative estimate of drug-likeness (QED) is 0.523. The molecule has 0 saturated heterocycles. The molecule has 5 heteroatoms. The lowest BCUT2D eigenvalue weighted by atomic mass is 10.2. The molecule has 0 amide bonds. The van der Waals surface area contributed by atoms with E-state index in [1.807, 2.05) is 0 Å². The highest BCUT2D eigenvalue weighted by atomic mass is 79.9. The first kappa shape index (κ1) is 9.45. The summed E-state index contributed by atoms with van der Waals surface area (Å²) in [5.41, 5.74) is -0.182. The van der Waals surface area contributed by atoms with Crippen LogP contribution >= 0.6 is 15.9 Å². The van der Waals surface area contributed by atoms with Gasteiger partial charge in [-0.3, -0.25) is 0 Å². The first-order valence-corrected chi connectivity index (χ1v) is 4.48. The average molecular weight is 262 g/mol. The second-order valence-electron chi connectivity index (χ2n) is 2.68. The van der Waals surface area contributed by atoms with Crippen molar-refractivity contribution in [1.82, 2.24) is 4.98 Å². The predicted octanol–water partition coefficient (Wildman–Crippen LogP) is 3.41. The zero-order valence-corrected chi connectivity index (χ0v) is 8.28. The number of nitrogens with zero attached hydrogens (tertiary/aromatic N) is 1. The highest BCUT2D eigenvalue weighted by molar-refractivity contribution is 9.10. The highest BCUT2D eigenvalue weighted by Crippen LogP contribution is 2.23. The Bertz CT molecular complexity index is 513. The van der Waals surface area contributed by atoms with Crippen LogP contribution in [0.2, 0.25) is 0 Å². The first-order chi connectivity index (χ1) is 6.59. The minimum absolute atomic E-state index is 0.161. The molecule has 0 atom stereocenters. The Labute approximate surface area is 85.7 Å². The summed E-state index contributed by atoms with van der Waals surface area (Å²) in [5.74, 6) is -3.17. The number of hydrogen-bond donors (Lipinski definition) is 0. The summed E-state index contributed by atoms with van der Waals surface area (Å²) in [7, 11) is 0. The van der Waals surface area contributed by atoms with Crippen molar-refractivity contribution >= 4 is 26.8 Å². The molecule has 2 aromatic rings. The molecule has 0 aliphatic heterocycles. The van der Waals surface area contributed by atoms with E-state index in [1.54, 1.807) is 0 Å². The van der Waals surface area contributed by atoms with E-state index in [2.05, 4.69) is 20.9 Å². The number of halogens is 4. The third-order valence-corrected chi connectivity index (χ3v) is 2.23. The van der Waals surface area contributed by atoms with E-state index in [0.717, 1.165) is 0 Å². The monoisotopic (exact) mass is 261 g/mol. The Morgan fingerprint density at radius 3 is 2.50 bits per heavy atom. The van der Waals surface area contributed by atoms with Crippen LogP contribution in [-0.4, -0.2) is 4.98 Å². The van der Waals surface area contributed by atoms with Crippen LogP contribution in [-0.2, 0) is 0 Å². The molecular weight excluding hydrogens is 259 g/mol. The normalized spacial score (nSPS) is 10.9. The van der Waals surface area contributed by atoms with E-state index >= 15 is 0 Å². The summed E-state index contributed by atoms with van der Waals surface area (Å²) in [5, 5.41) is -0.161. The Balaban J connectivity index is 2.94. The van der Waals surface area contributed by atoms with Gasteiger partial charge in [-0.05, 0) is 28.1 Å². The minimum Gasteiger partial charge on any atom is -0.238 e. The molecule has 0 bridgehead atoms. The summed E-state index contributed by atoms with van der Waals surface area (Å²) in [6.45, 7) is 0. The fourth-order valence-corrected chi connectivity index (χ4v) is 1.48. The Kier molecular flexibility index (Phi) is 2.19. The predicted molar refractivity (Wildman–Crippen MR) is 49.3 cm³/mol. The summed E-state index contributed by atoms with van der Waals surface area (Å²) >= 11 is 3.02. The van der Waals surface area contributed by atoms with Crippen LogP contribution in [0.5, 0.6) is 0 Å². The average Bonchev–Trinajstić information content (AvgIpc) is 2.14. The van der Waals surface area contributed by atoms with Gasteiger partial charge in [0.15, 0.2) is 17.5 Å². The molecule has 14 heavy (non-hydrogen) atoms. The second-order valence-corrected chi connectivity index (χ2v) is 3.50. The van der Waals surface area contributed by atoms with Gasteiger partial charge in [-0.25, -0.2) is 18.2 Å². The van der Waals surface area contributed by atoms with Crippen LogP contribution in [0, 0.1) is 17.5 Å². The molecule has 1 nitrogen and oxygen atoms in total. The summed E-state index contributed by atoms with van der Waals surface area (Å²) in [4.78, 5) is 3.71. The lowest BCUT2D eigenvalue weighted by Gasteiger charge is -2.01. The molecule has 72 valence electrons. The number of pyridine rings is 1. The van der Waals surface area contributed by atoms with Crippen molar-refractivity contribution in [3.8, 4) is 0 Å². The Hall–Kier alpha value is -1.10. The van der Waals surface area contributed by atoms with E-state index in [4.69, 9.17) is 0 Å². The third-order valence-electron chi connectivity index (χ3n) is 1.79. The van der Waals surface area contributed by atoms with Crippen molar-refractivity contribution in [2.24, 2.45) is 0 Å². The fourth-order valence-electron chi connectivity index (χ4n) is 1.17. The summed E-state index contributed by atoms with van der Waals surface area (Å²) in [6, 6.07) is 3.18. The van der Waals surface area contributed by atoms with Crippen molar-refractivity contribution in [3.63, 3.8) is 0 Å². The van der Waals surface area contributed by atoms with Crippen LogP contribution < -0.4 is 0 Å². The van der Waals surface area contributed by atoms with E-state index < -0.39 is 17.5 Å². The minimum atomic E-state index is -1.21. The van der Waals surface area contributed by atoms with E-state index in [-0.39, 0.29) is 10.9 Å². The molecule has 0 N–H and O–H groups in total. The molecule has 0 aliphatic carbocycles. The van der Waals surface area contributed by atoms with Crippen LogP contribution in [0.25, 0.3) is 10.9 Å². The molecule has 0 unspecified atom stereocenters. The smallest absolute Gasteiger partial charge is 0.168 e. The highest BCUT2D eigenvalue weighted by Gasteiger charge is 2.13. The van der Waals surface area contributed by atoms with Crippen molar-refractivity contribution in [3.05, 3.63) is 40.3 Å². The van der Waals surface area contributed by atoms with Gasteiger partial charge in [0, 0.05) is 11.5 Å². The lowest BCUT2D eigenvalue weighted by molar-refractivity contribution is 0.505. The van der Waals surface area contributed by atoms with Gasteiger partial charge < -0.3 is 0 Å². The van der Waals surface area contributed by atoms with Crippen LogP contribution in [0.1, 0.15) is 0 Å². The Morgan fingerprint density at radius 2 is 1.79 bits per heavy atom. The van der Waals surface area contributed by atoms with Gasteiger partial charge in [-0.1, -0.05) is 0 Å². The molecule has 1 heterocycles. The topological polar surface area (TPSA) is 12.9 Å². The van der Waals surface area contributed by atoms with Gasteiger partial charge in [0.25, 0.3) is 0 Å². The second kappa shape index (κ2) is 3.24. The van der Waals surface area contributed by atoms with Crippen molar-refractivity contribution in [2.45, 2.75) is 0 Å². The molecule has 2 rings (SSSR count). The summed E-state index contributed by atoms with van der Waals surface area (Å²) in [6.07, 6.45) is 0. The lowest BCUT2D eigenvalue weighted by Crippen LogP contribution is -1.93. The largest absolute Gasteiger partial charge is 0.238 e. The number of fused-ring (bicyclic) bond motifs is 1. The zero-order chi connectivity index (χ0) is 10.3. The SMILES string of the molecule is Fc1cc(F)c2nc(Br)ccc2c1F. The molecule has 1 aromatic heterocycles. The zero-order valence-electron chi connectivity index (χ0n) is 6.69. The third kappa shape index (κ3) is 1.37. The standard InChI is InChI=1S/C9H3BrF3N/c10-7-2-1-4-8(13)5(11)3-6(12)9(4)14-7/h1-3H. The van der Waals surface area contributed by atoms with Crippen molar-refractivity contribution in [2.75, 3.05) is 0 Å². The maximum absolute atomic E-state index is 13.1. The molecule has 0 aliphatic rings. The molecular formula is C9H3BrF3N. The number of rotatable bonds is 0. The van der Waals surface area contributed by atoms with Gasteiger partial charge in [0.2, 0.25) is 0 Å². The first-order valence-electron chi connectivity index (χ1n) is 3.69. The molecule has 1 aromatic carbocycles. The summed E-state index contributed by atoms with van der Waals surface area (Å²) < 4.78 is 39.4. The Morgan fingerprint density at radius 1 is 1.07 bits per heavy atom. The van der Waals surface area contributed by atoms with E-state index in [1.165, 1.54) is 12.1 Å². The maximum Gasteiger partial charge on any atom is 0.168 e. The van der Waals surface area contributed by atoms with Gasteiger partial charge in [0.05, 0.1) is 0 Å².